The summed E-state index contributed by atoms with van der Waals surface area (Å²) in [6, 6.07) is 10.7. The second-order valence-electron chi connectivity index (χ2n) is 5.99. The molecule has 0 radical (unpaired) electrons. The Morgan fingerprint density at radius 3 is 2.69 bits per heavy atom. The van der Waals surface area contributed by atoms with Gasteiger partial charge in [0, 0.05) is 13.1 Å². The first-order valence-electron chi connectivity index (χ1n) is 8.09. The van der Waals surface area contributed by atoms with Crippen LogP contribution >= 0.6 is 11.6 Å². The lowest BCUT2D eigenvalue weighted by Gasteiger charge is -2.24. The Balaban J connectivity index is 1.89. The van der Waals surface area contributed by atoms with Gasteiger partial charge in [0.1, 0.15) is 16.6 Å². The Bertz CT molecular complexity index is 908. The number of rotatable bonds is 6. The number of H-pyrrole nitrogens is 1. The Labute approximate surface area is 155 Å². The van der Waals surface area contributed by atoms with Crippen LogP contribution in [0.3, 0.4) is 0 Å². The fourth-order valence-electron chi connectivity index (χ4n) is 2.69. The minimum Gasteiger partial charge on any atom is -0.497 e. The van der Waals surface area contributed by atoms with Gasteiger partial charge < -0.3 is 14.7 Å². The van der Waals surface area contributed by atoms with E-state index in [0.29, 0.717) is 28.4 Å². The SMILES string of the molecule is COc1ccc(CN(C[C@H](C)O)C(=O)c2[nH]nc3nc(Cl)ccc23)cc1. The van der Waals surface area contributed by atoms with E-state index in [9.17, 15) is 9.90 Å². The van der Waals surface area contributed by atoms with Crippen LogP contribution in [0.15, 0.2) is 36.4 Å². The fraction of sp³-hybridized carbons (Fsp3) is 0.278. The molecule has 136 valence electrons. The van der Waals surface area contributed by atoms with E-state index < -0.39 is 6.10 Å². The lowest BCUT2D eigenvalue weighted by molar-refractivity contribution is 0.0626. The Morgan fingerprint density at radius 1 is 1.31 bits per heavy atom. The molecule has 0 aliphatic heterocycles. The highest BCUT2D eigenvalue weighted by Gasteiger charge is 2.22. The van der Waals surface area contributed by atoms with Crippen LogP contribution in [-0.4, -0.2) is 50.9 Å². The van der Waals surface area contributed by atoms with Crippen LogP contribution in [0.25, 0.3) is 11.0 Å². The van der Waals surface area contributed by atoms with Crippen molar-refractivity contribution in [2.75, 3.05) is 13.7 Å². The zero-order valence-corrected chi connectivity index (χ0v) is 15.2. The molecule has 0 bridgehead atoms. The quantitative estimate of drug-likeness (QED) is 0.647. The molecule has 0 fully saturated rings. The van der Waals surface area contributed by atoms with Crippen molar-refractivity contribution < 1.29 is 14.6 Å². The molecule has 3 rings (SSSR count). The maximum atomic E-state index is 13.0. The smallest absolute Gasteiger partial charge is 0.272 e. The number of benzene rings is 1. The molecule has 2 N–H and O–H groups in total. The van der Waals surface area contributed by atoms with Crippen LogP contribution in [0, 0.1) is 0 Å². The number of carbonyl (C=O) groups is 1. The minimum absolute atomic E-state index is 0.187. The van der Waals surface area contributed by atoms with Crippen molar-refractivity contribution in [3.63, 3.8) is 0 Å². The van der Waals surface area contributed by atoms with Gasteiger partial charge in [0.05, 0.1) is 18.6 Å². The number of amides is 1. The summed E-state index contributed by atoms with van der Waals surface area (Å²) in [5.41, 5.74) is 1.62. The van der Waals surface area contributed by atoms with Crippen molar-refractivity contribution in [2.24, 2.45) is 0 Å². The third-order valence-electron chi connectivity index (χ3n) is 3.90. The van der Waals surface area contributed by atoms with Crippen LogP contribution in [0.1, 0.15) is 23.0 Å². The van der Waals surface area contributed by atoms with Crippen molar-refractivity contribution in [3.8, 4) is 5.75 Å². The highest BCUT2D eigenvalue weighted by Crippen LogP contribution is 2.20. The Kier molecular flexibility index (Phi) is 5.39. The number of methoxy groups -OCH3 is 1. The molecule has 0 spiro atoms. The van der Waals surface area contributed by atoms with Gasteiger partial charge in [-0.3, -0.25) is 9.89 Å². The van der Waals surface area contributed by atoms with E-state index in [1.54, 1.807) is 31.1 Å². The van der Waals surface area contributed by atoms with Gasteiger partial charge in [0.2, 0.25) is 0 Å². The summed E-state index contributed by atoms with van der Waals surface area (Å²) in [5, 5.41) is 17.5. The van der Waals surface area contributed by atoms with Gasteiger partial charge in [-0.05, 0) is 36.8 Å². The van der Waals surface area contributed by atoms with Crippen LogP contribution in [-0.2, 0) is 6.54 Å². The summed E-state index contributed by atoms with van der Waals surface area (Å²) in [6.45, 7) is 2.17. The van der Waals surface area contributed by atoms with Crippen LogP contribution in [0.4, 0.5) is 0 Å². The zero-order valence-electron chi connectivity index (χ0n) is 14.4. The number of carbonyl (C=O) groups excluding carboxylic acids is 1. The summed E-state index contributed by atoms with van der Waals surface area (Å²) < 4.78 is 5.15. The molecule has 1 atom stereocenters. The van der Waals surface area contributed by atoms with Gasteiger partial charge in [0.15, 0.2) is 5.65 Å². The molecule has 0 saturated heterocycles. The first-order chi connectivity index (χ1) is 12.5. The number of nitrogens with one attached hydrogen (secondary N) is 1. The summed E-state index contributed by atoms with van der Waals surface area (Å²) in [7, 11) is 1.60. The van der Waals surface area contributed by atoms with E-state index in [1.807, 2.05) is 24.3 Å². The van der Waals surface area contributed by atoms with Crippen LogP contribution in [0.5, 0.6) is 5.75 Å². The van der Waals surface area contributed by atoms with E-state index in [4.69, 9.17) is 16.3 Å². The van der Waals surface area contributed by atoms with Crippen molar-refractivity contribution in [3.05, 3.63) is 52.8 Å². The molecule has 1 aromatic carbocycles. The van der Waals surface area contributed by atoms with E-state index in [-0.39, 0.29) is 12.5 Å². The van der Waals surface area contributed by atoms with Crippen LogP contribution < -0.4 is 4.74 Å². The van der Waals surface area contributed by atoms with Crippen molar-refractivity contribution in [2.45, 2.75) is 19.6 Å². The van der Waals surface area contributed by atoms with E-state index in [1.165, 1.54) is 0 Å². The second-order valence-corrected chi connectivity index (χ2v) is 6.37. The summed E-state index contributed by atoms with van der Waals surface area (Å²) in [4.78, 5) is 18.7. The average Bonchev–Trinajstić information content (AvgIpc) is 3.03. The molecule has 0 saturated carbocycles. The number of aliphatic hydroxyl groups excluding tert-OH is 1. The lowest BCUT2D eigenvalue weighted by atomic mass is 10.1. The minimum atomic E-state index is -0.668. The molecule has 8 heteroatoms. The summed E-state index contributed by atoms with van der Waals surface area (Å²) in [5.74, 6) is 0.470. The number of nitrogens with zero attached hydrogens (tertiary/aromatic N) is 3. The monoisotopic (exact) mass is 374 g/mol. The fourth-order valence-corrected chi connectivity index (χ4v) is 2.83. The summed E-state index contributed by atoms with van der Waals surface area (Å²) in [6.07, 6.45) is -0.668. The molecule has 1 amide bonds. The normalized spacial score (nSPS) is 12.2. The topological polar surface area (TPSA) is 91.3 Å². The van der Waals surface area contributed by atoms with E-state index >= 15 is 0 Å². The van der Waals surface area contributed by atoms with Gasteiger partial charge in [-0.15, -0.1) is 0 Å². The molecule has 3 aromatic rings. The molecular weight excluding hydrogens is 356 g/mol. The predicted molar refractivity (Wildman–Crippen MR) is 98.3 cm³/mol. The van der Waals surface area contributed by atoms with Crippen molar-refractivity contribution >= 4 is 28.5 Å². The van der Waals surface area contributed by atoms with Gasteiger partial charge in [-0.2, -0.15) is 5.10 Å². The second kappa shape index (κ2) is 7.72. The molecule has 0 aliphatic carbocycles. The maximum Gasteiger partial charge on any atom is 0.272 e. The molecule has 2 aromatic heterocycles. The van der Waals surface area contributed by atoms with E-state index in [0.717, 1.165) is 11.3 Å². The lowest BCUT2D eigenvalue weighted by Crippen LogP contribution is -2.36. The number of ether oxygens (including phenoxy) is 1. The third-order valence-corrected chi connectivity index (χ3v) is 4.11. The highest BCUT2D eigenvalue weighted by atomic mass is 35.5. The largest absolute Gasteiger partial charge is 0.497 e. The zero-order chi connectivity index (χ0) is 18.7. The number of hydrogen-bond acceptors (Lipinski definition) is 5. The highest BCUT2D eigenvalue weighted by molar-refractivity contribution is 6.29. The number of hydrogen-bond donors (Lipinski definition) is 2. The van der Waals surface area contributed by atoms with Gasteiger partial charge >= 0.3 is 0 Å². The molecular formula is C18H19ClN4O3. The number of aromatic amines is 1. The number of aliphatic hydroxyl groups is 1. The molecule has 0 aliphatic rings. The van der Waals surface area contributed by atoms with Gasteiger partial charge in [-0.1, -0.05) is 23.7 Å². The third kappa shape index (κ3) is 3.95. The predicted octanol–water partition coefficient (Wildman–Crippen LogP) is 2.64. The maximum absolute atomic E-state index is 13.0. The van der Waals surface area contributed by atoms with Crippen molar-refractivity contribution in [1.29, 1.82) is 0 Å². The molecule has 0 unspecified atom stereocenters. The van der Waals surface area contributed by atoms with E-state index in [2.05, 4.69) is 15.2 Å². The standard InChI is InChI=1S/C18H19ClN4O3/c1-11(24)9-23(10-12-3-5-13(26-2)6-4-12)18(25)16-14-7-8-15(19)20-17(14)22-21-16/h3-8,11,24H,9-10H2,1-2H3,(H,20,21,22)/t11-/m0/s1. The first kappa shape index (κ1) is 18.2. The van der Waals surface area contributed by atoms with Gasteiger partial charge in [0.25, 0.3) is 5.91 Å². The summed E-state index contributed by atoms with van der Waals surface area (Å²) >= 11 is 5.87. The Hall–Kier alpha value is -2.64. The molecule has 2 heterocycles. The molecule has 26 heavy (non-hydrogen) atoms. The first-order valence-corrected chi connectivity index (χ1v) is 8.46. The van der Waals surface area contributed by atoms with Crippen LogP contribution in [0.2, 0.25) is 5.15 Å². The molecule has 7 nitrogen and oxygen atoms in total. The average molecular weight is 375 g/mol. The number of fused-ring (bicyclic) bond motifs is 1. The number of aromatic nitrogens is 3. The Morgan fingerprint density at radius 2 is 2.04 bits per heavy atom. The van der Waals surface area contributed by atoms with Gasteiger partial charge in [-0.25, -0.2) is 4.98 Å². The number of pyridine rings is 1. The number of halogens is 1. The van der Waals surface area contributed by atoms with Crippen molar-refractivity contribution in [1.82, 2.24) is 20.1 Å².